The van der Waals surface area contributed by atoms with E-state index in [9.17, 15) is 4.79 Å². The standard InChI is InChI=1S/C10H14N2OS2/c1-7(2)12(5-9(11)14)10(13)8-3-4-15-6-8/h3-4,6-7H,5H2,1-2H3,(H2,11,14). The minimum absolute atomic E-state index is 0.0148. The van der Waals surface area contributed by atoms with Crippen molar-refractivity contribution in [1.29, 1.82) is 0 Å². The van der Waals surface area contributed by atoms with Gasteiger partial charge in [-0.1, -0.05) is 12.2 Å². The van der Waals surface area contributed by atoms with Crippen LogP contribution in [-0.4, -0.2) is 28.4 Å². The molecule has 3 nitrogen and oxygen atoms in total. The topological polar surface area (TPSA) is 46.3 Å². The highest BCUT2D eigenvalue weighted by Crippen LogP contribution is 2.11. The number of thiocarbonyl (C=S) groups is 1. The summed E-state index contributed by atoms with van der Waals surface area (Å²) < 4.78 is 0. The van der Waals surface area contributed by atoms with Gasteiger partial charge in [0.05, 0.1) is 17.1 Å². The van der Waals surface area contributed by atoms with E-state index in [1.165, 1.54) is 11.3 Å². The smallest absolute Gasteiger partial charge is 0.255 e. The van der Waals surface area contributed by atoms with Crippen molar-refractivity contribution in [3.8, 4) is 0 Å². The number of nitrogens with zero attached hydrogens (tertiary/aromatic N) is 1. The third-order valence-electron chi connectivity index (χ3n) is 1.98. The fourth-order valence-corrected chi connectivity index (χ4v) is 1.98. The number of hydrogen-bond donors (Lipinski definition) is 1. The van der Waals surface area contributed by atoms with E-state index < -0.39 is 0 Å². The normalized spacial score (nSPS) is 10.3. The van der Waals surface area contributed by atoms with Crippen LogP contribution in [0, 0.1) is 0 Å². The summed E-state index contributed by atoms with van der Waals surface area (Å²) in [7, 11) is 0. The molecule has 1 rings (SSSR count). The van der Waals surface area contributed by atoms with Gasteiger partial charge in [0.25, 0.3) is 5.91 Å². The van der Waals surface area contributed by atoms with Crippen LogP contribution in [0.15, 0.2) is 16.8 Å². The third kappa shape index (κ3) is 3.28. The average molecular weight is 242 g/mol. The predicted octanol–water partition coefficient (Wildman–Crippen LogP) is 1.88. The molecule has 0 aliphatic rings. The van der Waals surface area contributed by atoms with Crippen molar-refractivity contribution in [2.75, 3.05) is 6.54 Å². The molecule has 0 saturated carbocycles. The maximum Gasteiger partial charge on any atom is 0.255 e. The van der Waals surface area contributed by atoms with Crippen LogP contribution in [-0.2, 0) is 0 Å². The summed E-state index contributed by atoms with van der Waals surface area (Å²) in [5.74, 6) is -0.0148. The van der Waals surface area contributed by atoms with Gasteiger partial charge in [-0.15, -0.1) is 0 Å². The Bertz CT molecular complexity index is 346. The lowest BCUT2D eigenvalue weighted by atomic mass is 10.2. The fraction of sp³-hybridized carbons (Fsp3) is 0.400. The molecule has 2 N–H and O–H groups in total. The summed E-state index contributed by atoms with van der Waals surface area (Å²) in [6.07, 6.45) is 0. The maximum atomic E-state index is 12.0. The molecule has 82 valence electrons. The zero-order valence-corrected chi connectivity index (χ0v) is 10.4. The second kappa shape index (κ2) is 5.23. The highest BCUT2D eigenvalue weighted by Gasteiger charge is 2.19. The first-order valence-corrected chi connectivity index (χ1v) is 5.99. The predicted molar refractivity (Wildman–Crippen MR) is 67.3 cm³/mol. The van der Waals surface area contributed by atoms with E-state index in [-0.39, 0.29) is 11.9 Å². The Morgan fingerprint density at radius 3 is 2.73 bits per heavy atom. The molecule has 0 saturated heterocycles. The Balaban J connectivity index is 2.81. The molecule has 1 aromatic heterocycles. The highest BCUT2D eigenvalue weighted by atomic mass is 32.1. The molecular formula is C10H14N2OS2. The van der Waals surface area contributed by atoms with Crippen LogP contribution in [0.2, 0.25) is 0 Å². The molecule has 0 radical (unpaired) electrons. The Kier molecular flexibility index (Phi) is 4.23. The molecule has 1 heterocycles. The first kappa shape index (κ1) is 12.1. The van der Waals surface area contributed by atoms with E-state index in [0.29, 0.717) is 17.1 Å². The number of nitrogens with two attached hydrogens (primary N) is 1. The summed E-state index contributed by atoms with van der Waals surface area (Å²) in [4.78, 5) is 14.0. The second-order valence-electron chi connectivity index (χ2n) is 3.51. The molecule has 0 atom stereocenters. The van der Waals surface area contributed by atoms with Crippen LogP contribution in [0.4, 0.5) is 0 Å². The molecule has 0 aromatic carbocycles. The summed E-state index contributed by atoms with van der Waals surface area (Å²) in [6.45, 7) is 4.23. The number of amides is 1. The lowest BCUT2D eigenvalue weighted by Crippen LogP contribution is -2.42. The second-order valence-corrected chi connectivity index (χ2v) is 4.81. The van der Waals surface area contributed by atoms with Gasteiger partial charge < -0.3 is 10.6 Å². The molecule has 15 heavy (non-hydrogen) atoms. The molecule has 0 aliphatic heterocycles. The van der Waals surface area contributed by atoms with Gasteiger partial charge in [-0.25, -0.2) is 0 Å². The van der Waals surface area contributed by atoms with Crippen molar-refractivity contribution in [2.45, 2.75) is 19.9 Å². The van der Waals surface area contributed by atoms with Crippen LogP contribution in [0.5, 0.6) is 0 Å². The van der Waals surface area contributed by atoms with Gasteiger partial charge in [0.2, 0.25) is 0 Å². The molecule has 0 unspecified atom stereocenters. The zero-order valence-electron chi connectivity index (χ0n) is 8.77. The lowest BCUT2D eigenvalue weighted by Gasteiger charge is -2.25. The quantitative estimate of drug-likeness (QED) is 0.820. The Labute approximate surface area is 98.9 Å². The van der Waals surface area contributed by atoms with Gasteiger partial charge in [-0.2, -0.15) is 11.3 Å². The van der Waals surface area contributed by atoms with Crippen LogP contribution in [0.1, 0.15) is 24.2 Å². The third-order valence-corrected chi connectivity index (χ3v) is 2.79. The monoisotopic (exact) mass is 242 g/mol. The highest BCUT2D eigenvalue weighted by molar-refractivity contribution is 7.80. The first-order valence-electron chi connectivity index (χ1n) is 4.64. The fourth-order valence-electron chi connectivity index (χ4n) is 1.21. The molecule has 1 aromatic rings. The Morgan fingerprint density at radius 1 is 1.67 bits per heavy atom. The van der Waals surface area contributed by atoms with Crippen LogP contribution in [0.3, 0.4) is 0 Å². The van der Waals surface area contributed by atoms with Crippen LogP contribution >= 0.6 is 23.6 Å². The molecule has 5 heteroatoms. The van der Waals surface area contributed by atoms with Crippen molar-refractivity contribution in [3.05, 3.63) is 22.4 Å². The molecule has 0 bridgehead atoms. The Hall–Kier alpha value is -0.940. The van der Waals surface area contributed by atoms with Crippen LogP contribution in [0.25, 0.3) is 0 Å². The number of carbonyl (C=O) groups excluding carboxylic acids is 1. The van der Waals surface area contributed by atoms with E-state index in [0.717, 1.165) is 0 Å². The van der Waals surface area contributed by atoms with Gasteiger partial charge >= 0.3 is 0 Å². The van der Waals surface area contributed by atoms with Gasteiger partial charge in [0.15, 0.2) is 0 Å². The minimum Gasteiger partial charge on any atom is -0.392 e. The van der Waals surface area contributed by atoms with Gasteiger partial charge in [-0.3, -0.25) is 4.79 Å². The van der Waals surface area contributed by atoms with Gasteiger partial charge in [0, 0.05) is 11.4 Å². The maximum absolute atomic E-state index is 12.0. The molecule has 0 fully saturated rings. The summed E-state index contributed by atoms with van der Waals surface area (Å²) in [6, 6.07) is 1.90. The summed E-state index contributed by atoms with van der Waals surface area (Å²) >= 11 is 6.33. The van der Waals surface area contributed by atoms with Gasteiger partial charge in [0.1, 0.15) is 0 Å². The van der Waals surface area contributed by atoms with E-state index in [1.54, 1.807) is 4.90 Å². The minimum atomic E-state index is -0.0148. The number of carbonyl (C=O) groups is 1. The molecule has 0 spiro atoms. The van der Waals surface area contributed by atoms with Gasteiger partial charge in [-0.05, 0) is 25.3 Å². The number of thiophene rings is 1. The van der Waals surface area contributed by atoms with Crippen molar-refractivity contribution in [2.24, 2.45) is 5.73 Å². The zero-order chi connectivity index (χ0) is 11.4. The SMILES string of the molecule is CC(C)N(CC(N)=S)C(=O)c1ccsc1. The van der Waals surface area contributed by atoms with Crippen molar-refractivity contribution in [1.82, 2.24) is 4.90 Å². The number of rotatable bonds is 4. The van der Waals surface area contributed by atoms with E-state index >= 15 is 0 Å². The largest absolute Gasteiger partial charge is 0.392 e. The summed E-state index contributed by atoms with van der Waals surface area (Å²) in [5, 5.41) is 3.71. The first-order chi connectivity index (χ1) is 7.02. The Morgan fingerprint density at radius 2 is 2.33 bits per heavy atom. The van der Waals surface area contributed by atoms with E-state index in [4.69, 9.17) is 18.0 Å². The summed E-state index contributed by atoms with van der Waals surface area (Å²) in [5.41, 5.74) is 6.16. The molecule has 0 aliphatic carbocycles. The van der Waals surface area contributed by atoms with Crippen molar-refractivity contribution < 1.29 is 4.79 Å². The van der Waals surface area contributed by atoms with Crippen LogP contribution < -0.4 is 5.73 Å². The molecule has 1 amide bonds. The average Bonchev–Trinajstić information content (AvgIpc) is 2.65. The lowest BCUT2D eigenvalue weighted by molar-refractivity contribution is 0.0737. The number of hydrogen-bond acceptors (Lipinski definition) is 3. The van der Waals surface area contributed by atoms with Crippen molar-refractivity contribution in [3.63, 3.8) is 0 Å². The molecular weight excluding hydrogens is 228 g/mol. The van der Waals surface area contributed by atoms with E-state index in [1.807, 2.05) is 30.7 Å². The van der Waals surface area contributed by atoms with E-state index in [2.05, 4.69) is 0 Å². The van der Waals surface area contributed by atoms with Crippen molar-refractivity contribution >= 4 is 34.5 Å².